The first-order chi connectivity index (χ1) is 6.90. The Kier molecular flexibility index (Phi) is 2.64. The fourth-order valence-electron chi connectivity index (χ4n) is 1.55. The van der Waals surface area contributed by atoms with Crippen LogP contribution in [0.3, 0.4) is 0 Å². The van der Waals surface area contributed by atoms with Crippen LogP contribution in [0.4, 0.5) is 0 Å². The lowest BCUT2D eigenvalue weighted by Gasteiger charge is -2.03. The molecular formula is C14H13. The van der Waals surface area contributed by atoms with Crippen LogP contribution in [0, 0.1) is 6.07 Å². The molecule has 0 saturated carbocycles. The molecule has 0 aliphatic rings. The van der Waals surface area contributed by atoms with Crippen molar-refractivity contribution >= 4 is 0 Å². The predicted molar refractivity (Wildman–Crippen MR) is 60.1 cm³/mol. The molecule has 0 unspecified atom stereocenters. The molecule has 0 aliphatic carbocycles. The molecule has 0 saturated heterocycles. The molecule has 0 N–H and O–H groups in total. The molecule has 2 aromatic carbocycles. The summed E-state index contributed by atoms with van der Waals surface area (Å²) in [6, 6.07) is 19.8. The second-order valence-corrected chi connectivity index (χ2v) is 3.34. The monoisotopic (exact) mass is 181 g/mol. The topological polar surface area (TPSA) is 0 Å². The summed E-state index contributed by atoms with van der Waals surface area (Å²) in [5, 5.41) is 0. The summed E-state index contributed by atoms with van der Waals surface area (Å²) >= 11 is 0. The summed E-state index contributed by atoms with van der Waals surface area (Å²) in [6.45, 7) is 2.18. The van der Waals surface area contributed by atoms with Crippen LogP contribution in [0.5, 0.6) is 0 Å². The highest BCUT2D eigenvalue weighted by atomic mass is 14.0. The summed E-state index contributed by atoms with van der Waals surface area (Å²) < 4.78 is 0. The van der Waals surface area contributed by atoms with Gasteiger partial charge in [-0.05, 0) is 29.2 Å². The Balaban J connectivity index is 2.42. The van der Waals surface area contributed by atoms with Gasteiger partial charge in [-0.25, -0.2) is 0 Å². The van der Waals surface area contributed by atoms with Crippen molar-refractivity contribution in [3.63, 3.8) is 0 Å². The molecule has 0 spiro atoms. The van der Waals surface area contributed by atoms with E-state index in [1.807, 2.05) is 12.1 Å². The summed E-state index contributed by atoms with van der Waals surface area (Å²) in [5.41, 5.74) is 3.94. The Hall–Kier alpha value is -1.56. The van der Waals surface area contributed by atoms with Crippen molar-refractivity contribution < 1.29 is 0 Å². The van der Waals surface area contributed by atoms with Crippen molar-refractivity contribution in [1.29, 1.82) is 0 Å². The van der Waals surface area contributed by atoms with Gasteiger partial charge < -0.3 is 0 Å². The molecule has 0 aliphatic heterocycles. The van der Waals surface area contributed by atoms with Gasteiger partial charge in [0.2, 0.25) is 0 Å². The van der Waals surface area contributed by atoms with Crippen LogP contribution < -0.4 is 0 Å². The zero-order valence-electron chi connectivity index (χ0n) is 8.33. The van der Waals surface area contributed by atoms with Gasteiger partial charge in [0.05, 0.1) is 0 Å². The van der Waals surface area contributed by atoms with E-state index in [4.69, 9.17) is 0 Å². The number of hydrogen-bond acceptors (Lipinski definition) is 0. The zero-order valence-corrected chi connectivity index (χ0v) is 8.33. The summed E-state index contributed by atoms with van der Waals surface area (Å²) in [6.07, 6.45) is 1.09. The lowest BCUT2D eigenvalue weighted by atomic mass is 10.0. The number of aryl methyl sites for hydroxylation is 1. The normalized spacial score (nSPS) is 10.1. The van der Waals surface area contributed by atoms with E-state index < -0.39 is 0 Å². The van der Waals surface area contributed by atoms with Gasteiger partial charge in [-0.1, -0.05) is 55.5 Å². The quantitative estimate of drug-likeness (QED) is 0.662. The Bertz CT molecular complexity index is 401. The SMILES string of the molecule is CCc1cccc(-c2cc[c]cc2)c1. The maximum Gasteiger partial charge on any atom is -0.0181 e. The lowest BCUT2D eigenvalue weighted by molar-refractivity contribution is 1.14. The molecule has 0 bridgehead atoms. The van der Waals surface area contributed by atoms with Gasteiger partial charge >= 0.3 is 0 Å². The third-order valence-electron chi connectivity index (χ3n) is 2.39. The summed E-state index contributed by atoms with van der Waals surface area (Å²) in [5.74, 6) is 0. The molecular weight excluding hydrogens is 168 g/mol. The van der Waals surface area contributed by atoms with E-state index in [1.165, 1.54) is 16.7 Å². The minimum Gasteiger partial charge on any atom is -0.0614 e. The second-order valence-electron chi connectivity index (χ2n) is 3.34. The van der Waals surface area contributed by atoms with E-state index in [9.17, 15) is 0 Å². The Morgan fingerprint density at radius 2 is 1.79 bits per heavy atom. The molecule has 0 amide bonds. The van der Waals surface area contributed by atoms with Crippen molar-refractivity contribution in [2.45, 2.75) is 13.3 Å². The highest BCUT2D eigenvalue weighted by Crippen LogP contribution is 2.19. The van der Waals surface area contributed by atoms with Gasteiger partial charge in [0.25, 0.3) is 0 Å². The number of hydrogen-bond donors (Lipinski definition) is 0. The first kappa shape index (κ1) is 9.01. The molecule has 14 heavy (non-hydrogen) atoms. The van der Waals surface area contributed by atoms with Crippen LogP contribution in [0.15, 0.2) is 48.5 Å². The average Bonchev–Trinajstić information content (AvgIpc) is 2.30. The van der Waals surface area contributed by atoms with Crippen LogP contribution in [0.2, 0.25) is 0 Å². The van der Waals surface area contributed by atoms with Crippen molar-refractivity contribution in [3.8, 4) is 11.1 Å². The van der Waals surface area contributed by atoms with E-state index in [1.54, 1.807) is 0 Å². The Labute approximate surface area is 85.2 Å². The van der Waals surface area contributed by atoms with Crippen LogP contribution >= 0.6 is 0 Å². The van der Waals surface area contributed by atoms with Gasteiger partial charge in [-0.2, -0.15) is 0 Å². The fraction of sp³-hybridized carbons (Fsp3) is 0.143. The van der Waals surface area contributed by atoms with Crippen molar-refractivity contribution in [3.05, 3.63) is 60.2 Å². The lowest BCUT2D eigenvalue weighted by Crippen LogP contribution is -1.81. The maximum absolute atomic E-state index is 3.03. The van der Waals surface area contributed by atoms with Gasteiger partial charge in [0, 0.05) is 0 Å². The van der Waals surface area contributed by atoms with Crippen molar-refractivity contribution in [2.75, 3.05) is 0 Å². The van der Waals surface area contributed by atoms with Gasteiger partial charge in [-0.15, -0.1) is 0 Å². The first-order valence-electron chi connectivity index (χ1n) is 4.95. The molecule has 0 heteroatoms. The minimum absolute atomic E-state index is 1.09. The van der Waals surface area contributed by atoms with E-state index in [0.717, 1.165) is 6.42 Å². The third kappa shape index (κ3) is 1.85. The second kappa shape index (κ2) is 4.10. The van der Waals surface area contributed by atoms with Crippen LogP contribution in [-0.4, -0.2) is 0 Å². The molecule has 0 fully saturated rings. The van der Waals surface area contributed by atoms with Crippen molar-refractivity contribution in [1.82, 2.24) is 0 Å². The molecule has 0 heterocycles. The summed E-state index contributed by atoms with van der Waals surface area (Å²) in [7, 11) is 0. The van der Waals surface area contributed by atoms with Crippen LogP contribution in [0.1, 0.15) is 12.5 Å². The fourth-order valence-corrected chi connectivity index (χ4v) is 1.55. The van der Waals surface area contributed by atoms with Gasteiger partial charge in [0.1, 0.15) is 0 Å². The van der Waals surface area contributed by atoms with Crippen molar-refractivity contribution in [2.24, 2.45) is 0 Å². The van der Waals surface area contributed by atoms with Crippen LogP contribution in [0.25, 0.3) is 11.1 Å². The highest BCUT2D eigenvalue weighted by molar-refractivity contribution is 5.63. The standard InChI is InChI=1S/C14H13/c1-2-12-7-6-10-14(11-12)13-8-4-3-5-9-13/h4-11H,2H2,1H3. The van der Waals surface area contributed by atoms with E-state index in [0.29, 0.717) is 0 Å². The predicted octanol–water partition coefficient (Wildman–Crippen LogP) is 3.72. The van der Waals surface area contributed by atoms with Crippen LogP contribution in [-0.2, 0) is 6.42 Å². The Morgan fingerprint density at radius 1 is 1.00 bits per heavy atom. The maximum atomic E-state index is 3.03. The number of benzene rings is 2. The third-order valence-corrected chi connectivity index (χ3v) is 2.39. The highest BCUT2D eigenvalue weighted by Gasteiger charge is 1.96. The molecule has 2 aromatic rings. The van der Waals surface area contributed by atoms with E-state index in [2.05, 4.69) is 49.4 Å². The zero-order chi connectivity index (χ0) is 9.80. The largest absolute Gasteiger partial charge is 0.0614 e. The minimum atomic E-state index is 1.09. The molecule has 1 radical (unpaired) electrons. The summed E-state index contributed by atoms with van der Waals surface area (Å²) in [4.78, 5) is 0. The van der Waals surface area contributed by atoms with E-state index >= 15 is 0 Å². The van der Waals surface area contributed by atoms with Gasteiger partial charge in [0.15, 0.2) is 0 Å². The number of rotatable bonds is 2. The molecule has 0 atom stereocenters. The molecule has 2 rings (SSSR count). The first-order valence-corrected chi connectivity index (χ1v) is 4.95. The van der Waals surface area contributed by atoms with E-state index in [-0.39, 0.29) is 0 Å². The molecule has 69 valence electrons. The molecule has 0 nitrogen and oxygen atoms in total. The smallest absolute Gasteiger partial charge is 0.0181 e. The molecule has 0 aromatic heterocycles. The Morgan fingerprint density at radius 3 is 2.50 bits per heavy atom. The van der Waals surface area contributed by atoms with Gasteiger partial charge in [-0.3, -0.25) is 0 Å². The average molecular weight is 181 g/mol.